The maximum atomic E-state index is 7.92. The Balaban J connectivity index is 1.99. The van der Waals surface area contributed by atoms with E-state index in [9.17, 15) is 0 Å². The van der Waals surface area contributed by atoms with Crippen molar-refractivity contribution >= 4 is 11.6 Å². The molecule has 0 atom stereocenters. The Labute approximate surface area is 128 Å². The van der Waals surface area contributed by atoms with Crippen molar-refractivity contribution in [3.63, 3.8) is 0 Å². The van der Waals surface area contributed by atoms with Crippen LogP contribution in [0.1, 0.15) is 51.2 Å². The molecule has 0 bridgehead atoms. The van der Waals surface area contributed by atoms with Gasteiger partial charge in [-0.1, -0.05) is 32.1 Å². The van der Waals surface area contributed by atoms with Crippen LogP contribution in [0.2, 0.25) is 0 Å². The number of rotatable bonds is 6. The molecule has 0 saturated heterocycles. The van der Waals surface area contributed by atoms with E-state index in [-0.39, 0.29) is 32.1 Å². The maximum Gasteiger partial charge on any atom is 0.237 e. The minimum absolute atomic E-state index is 0.126. The molecule has 0 aromatic heterocycles. The zero-order chi connectivity index (χ0) is 21.4. The first-order chi connectivity index (χ1) is 12.7. The Kier molecular flexibility index (Phi) is 2.55. The van der Waals surface area contributed by atoms with Gasteiger partial charge in [0, 0.05) is 25.4 Å². The van der Waals surface area contributed by atoms with Gasteiger partial charge in [-0.15, -0.1) is 0 Å². The molecule has 2 aliphatic rings. The van der Waals surface area contributed by atoms with Crippen molar-refractivity contribution in [2.45, 2.75) is 38.9 Å². The van der Waals surface area contributed by atoms with Crippen LogP contribution in [0.3, 0.4) is 0 Å². The van der Waals surface area contributed by atoms with Crippen molar-refractivity contribution in [1.82, 2.24) is 4.90 Å². The number of hydrogen-bond donors (Lipinski definition) is 0. The minimum atomic E-state index is -2.70. The second-order valence-electron chi connectivity index (χ2n) is 4.20. The summed E-state index contributed by atoms with van der Waals surface area (Å²) in [5.74, 6) is 0.175. The summed E-state index contributed by atoms with van der Waals surface area (Å²) >= 11 is 0. The lowest BCUT2D eigenvalue weighted by Gasteiger charge is -2.23. The topological polar surface area (TPSA) is 37.2 Å². The van der Waals surface area contributed by atoms with Crippen LogP contribution in [0, 0.1) is 0 Å². The average molecular weight is 272 g/mol. The van der Waals surface area contributed by atoms with Gasteiger partial charge in [0.1, 0.15) is 12.4 Å². The van der Waals surface area contributed by atoms with Crippen LogP contribution in [-0.4, -0.2) is 49.9 Å². The largest absolute Gasteiger partial charge is 0.476 e. The fourth-order valence-electron chi connectivity index (χ4n) is 1.93. The number of likely N-dealkylation sites (N-methyl/N-ethyl adjacent to an activating group) is 1. The third kappa shape index (κ3) is 4.16. The number of aliphatic imine (C=N–C) groups is 2. The van der Waals surface area contributed by atoms with Gasteiger partial charge in [-0.3, -0.25) is 4.99 Å². The Bertz CT molecular complexity index is 677. The summed E-state index contributed by atoms with van der Waals surface area (Å²) in [6.07, 6.45) is -5.46. The number of nitrogens with zero attached hydrogens (tertiary/aromatic N) is 3. The number of hydrogen-bond acceptors (Lipinski definition) is 4. The molecular weight excluding hydrogens is 238 g/mol. The summed E-state index contributed by atoms with van der Waals surface area (Å²) in [4.78, 5) is 9.71. The molecule has 4 heteroatoms. The SMILES string of the molecule is [2H]C([2H])([2H])N1CCC=C(C2=NCN=C2OCCC([2H])([2H])C([2H])([2H])C([2H])([2H])C)C1. The monoisotopic (exact) mass is 272 g/mol. The van der Waals surface area contributed by atoms with E-state index in [4.69, 9.17) is 17.1 Å². The fraction of sp³-hybridized carbons (Fsp3) is 0.733. The highest BCUT2D eigenvalue weighted by molar-refractivity contribution is 6.46. The zero-order valence-electron chi connectivity index (χ0n) is 20.1. The molecule has 0 spiro atoms. The lowest BCUT2D eigenvalue weighted by Crippen LogP contribution is -2.31. The molecule has 0 radical (unpaired) electrons. The molecule has 4 nitrogen and oxygen atoms in total. The van der Waals surface area contributed by atoms with Gasteiger partial charge in [0.05, 0.1) is 6.61 Å². The molecule has 0 aromatic carbocycles. The summed E-state index contributed by atoms with van der Waals surface area (Å²) in [5, 5.41) is 0. The fourth-order valence-corrected chi connectivity index (χ4v) is 1.93. The summed E-state index contributed by atoms with van der Waals surface area (Å²) in [7, 11) is 0. The van der Waals surface area contributed by atoms with E-state index in [0.717, 1.165) is 6.92 Å². The molecule has 0 unspecified atom stereocenters. The second-order valence-corrected chi connectivity index (χ2v) is 4.20. The van der Waals surface area contributed by atoms with Crippen LogP contribution in [0.15, 0.2) is 21.6 Å². The molecule has 0 fully saturated rings. The minimum Gasteiger partial charge on any atom is -0.476 e. The van der Waals surface area contributed by atoms with Crippen LogP contribution in [0.5, 0.6) is 0 Å². The normalized spacial score (nSPS) is 29.9. The van der Waals surface area contributed by atoms with E-state index in [1.807, 2.05) is 6.08 Å². The van der Waals surface area contributed by atoms with E-state index < -0.39 is 26.1 Å². The molecule has 0 saturated carbocycles. The van der Waals surface area contributed by atoms with Crippen LogP contribution >= 0.6 is 0 Å². The van der Waals surface area contributed by atoms with Crippen molar-refractivity contribution in [3.8, 4) is 0 Å². The first-order valence-electron chi connectivity index (χ1n) is 10.8. The van der Waals surface area contributed by atoms with Crippen molar-refractivity contribution in [2.75, 3.05) is 33.3 Å². The Morgan fingerprint density at radius 3 is 3.26 bits per heavy atom. The highest BCUT2D eigenvalue weighted by atomic mass is 16.5. The summed E-state index contributed by atoms with van der Waals surface area (Å²) < 4.78 is 74.7. The Morgan fingerprint density at radius 1 is 1.47 bits per heavy atom. The van der Waals surface area contributed by atoms with Crippen LogP contribution < -0.4 is 0 Å². The van der Waals surface area contributed by atoms with E-state index >= 15 is 0 Å². The molecule has 2 heterocycles. The first-order valence-corrected chi connectivity index (χ1v) is 6.33. The third-order valence-corrected chi connectivity index (χ3v) is 2.78. The molecule has 0 N–H and O–H groups in total. The third-order valence-electron chi connectivity index (χ3n) is 2.78. The van der Waals surface area contributed by atoms with Gasteiger partial charge in [0.2, 0.25) is 5.90 Å². The van der Waals surface area contributed by atoms with Crippen LogP contribution in [-0.2, 0) is 4.74 Å². The van der Waals surface area contributed by atoms with Crippen molar-refractivity contribution in [2.24, 2.45) is 9.98 Å². The van der Waals surface area contributed by atoms with E-state index in [2.05, 4.69) is 9.98 Å². The number of ether oxygens (including phenoxy) is 1. The summed E-state index contributed by atoms with van der Waals surface area (Å²) in [6, 6.07) is 0. The summed E-state index contributed by atoms with van der Waals surface area (Å²) in [6.45, 7) is -0.703. The van der Waals surface area contributed by atoms with Gasteiger partial charge in [-0.25, -0.2) is 4.99 Å². The molecule has 0 aromatic rings. The van der Waals surface area contributed by atoms with Crippen LogP contribution in [0.25, 0.3) is 0 Å². The second kappa shape index (κ2) is 7.43. The Hall–Kier alpha value is -1.16. The quantitative estimate of drug-likeness (QED) is 0.745. The maximum absolute atomic E-state index is 7.92. The predicted molar refractivity (Wildman–Crippen MR) is 80.0 cm³/mol. The molecule has 2 rings (SSSR count). The first kappa shape index (κ1) is 6.53. The van der Waals surface area contributed by atoms with Gasteiger partial charge in [0.25, 0.3) is 0 Å². The average Bonchev–Trinajstić information content (AvgIpc) is 3.01. The molecule has 19 heavy (non-hydrogen) atoms. The van der Waals surface area contributed by atoms with Crippen LogP contribution in [0.4, 0.5) is 0 Å². The van der Waals surface area contributed by atoms with Gasteiger partial charge in [0.15, 0.2) is 0 Å². The summed E-state index contributed by atoms with van der Waals surface area (Å²) in [5.41, 5.74) is 1.12. The molecular formula is C15H25N3O. The van der Waals surface area contributed by atoms with Gasteiger partial charge < -0.3 is 9.64 Å². The zero-order valence-corrected chi connectivity index (χ0v) is 11.1. The predicted octanol–water partition coefficient (Wildman–Crippen LogP) is 2.66. The highest BCUT2D eigenvalue weighted by Gasteiger charge is 2.22. The smallest absolute Gasteiger partial charge is 0.237 e. The molecule has 106 valence electrons. The highest BCUT2D eigenvalue weighted by Crippen LogP contribution is 2.14. The van der Waals surface area contributed by atoms with Gasteiger partial charge >= 0.3 is 0 Å². The molecule has 0 aliphatic carbocycles. The lowest BCUT2D eigenvalue weighted by molar-refractivity contribution is 0.298. The van der Waals surface area contributed by atoms with E-state index in [0.29, 0.717) is 24.3 Å². The van der Waals surface area contributed by atoms with Gasteiger partial charge in [-0.05, 0) is 25.4 Å². The lowest BCUT2D eigenvalue weighted by atomic mass is 10.1. The molecule has 2 aliphatic heterocycles. The van der Waals surface area contributed by atoms with Crippen molar-refractivity contribution < 1.29 is 17.1 Å². The molecule has 0 amide bonds. The van der Waals surface area contributed by atoms with Gasteiger partial charge in [-0.2, -0.15) is 0 Å². The standard InChI is InChI=1S/C15H25N3O/c1-3-4-5-6-10-19-15-14(16-12-17-15)13-8-7-9-18(2)11-13/h8H,3-7,9-12H2,1-2H3/i2D3,3D2,4D2,5D2. The van der Waals surface area contributed by atoms with Crippen molar-refractivity contribution in [1.29, 1.82) is 0 Å². The van der Waals surface area contributed by atoms with Crippen molar-refractivity contribution in [3.05, 3.63) is 11.6 Å². The van der Waals surface area contributed by atoms with E-state index in [1.54, 1.807) is 0 Å². The van der Waals surface area contributed by atoms with E-state index in [1.165, 1.54) is 4.90 Å². The Morgan fingerprint density at radius 2 is 2.42 bits per heavy atom.